The predicted molar refractivity (Wildman–Crippen MR) is 84.7 cm³/mol. The maximum absolute atomic E-state index is 5.59. The van der Waals surface area contributed by atoms with E-state index in [1.54, 1.807) is 11.3 Å². The van der Waals surface area contributed by atoms with Crippen LogP contribution in [0.3, 0.4) is 0 Å². The summed E-state index contributed by atoms with van der Waals surface area (Å²) in [6.45, 7) is 4.23. The summed E-state index contributed by atoms with van der Waals surface area (Å²) >= 11 is 1.74. The van der Waals surface area contributed by atoms with Crippen LogP contribution in [0.15, 0.2) is 11.2 Å². The maximum Gasteiger partial charge on any atom is 0.206 e. The molecule has 1 aromatic heterocycles. The Bertz CT molecular complexity index is 437. The van der Waals surface area contributed by atoms with Crippen molar-refractivity contribution in [3.8, 4) is 0 Å². The third-order valence-corrected chi connectivity index (χ3v) is 4.99. The zero-order chi connectivity index (χ0) is 14.4. The average Bonchev–Trinajstić information content (AvgIpc) is 2.96. The molecule has 1 aliphatic carbocycles. The number of aliphatic imine (C=N–C) groups is 1. The number of rotatable bonds is 4. The number of nitrogens with two attached hydrogens (primary N) is 1. The SMILES string of the molecule is CCc1cnc(C(C)NC(=NC2CCCCC2)NN)s1. The summed E-state index contributed by atoms with van der Waals surface area (Å²) in [6, 6.07) is 0.524. The van der Waals surface area contributed by atoms with Crippen molar-refractivity contribution in [3.05, 3.63) is 16.1 Å². The minimum Gasteiger partial charge on any atom is -0.346 e. The summed E-state index contributed by atoms with van der Waals surface area (Å²) < 4.78 is 0. The second-order valence-corrected chi connectivity index (χ2v) is 6.45. The molecule has 0 radical (unpaired) electrons. The molecule has 0 amide bonds. The van der Waals surface area contributed by atoms with E-state index in [4.69, 9.17) is 10.8 Å². The molecule has 0 aromatic carbocycles. The van der Waals surface area contributed by atoms with Crippen molar-refractivity contribution in [1.82, 2.24) is 15.7 Å². The van der Waals surface area contributed by atoms with Gasteiger partial charge in [-0.2, -0.15) is 0 Å². The van der Waals surface area contributed by atoms with Gasteiger partial charge in [0.15, 0.2) is 0 Å². The number of thiazole rings is 1. The lowest BCUT2D eigenvalue weighted by Gasteiger charge is -2.21. The highest BCUT2D eigenvalue weighted by Crippen LogP contribution is 2.22. The lowest BCUT2D eigenvalue weighted by molar-refractivity contribution is 0.440. The molecule has 0 saturated heterocycles. The van der Waals surface area contributed by atoms with Gasteiger partial charge in [0.2, 0.25) is 5.96 Å². The zero-order valence-corrected chi connectivity index (χ0v) is 13.2. The highest BCUT2D eigenvalue weighted by atomic mass is 32.1. The molecule has 0 aliphatic heterocycles. The molecule has 1 saturated carbocycles. The minimum atomic E-state index is 0.124. The van der Waals surface area contributed by atoms with Crippen molar-refractivity contribution in [2.75, 3.05) is 0 Å². The van der Waals surface area contributed by atoms with E-state index in [-0.39, 0.29) is 6.04 Å². The van der Waals surface area contributed by atoms with Crippen molar-refractivity contribution in [2.45, 2.75) is 64.5 Å². The molecule has 1 fully saturated rings. The molecule has 112 valence electrons. The van der Waals surface area contributed by atoms with Gasteiger partial charge in [-0.1, -0.05) is 26.2 Å². The smallest absolute Gasteiger partial charge is 0.206 e. The normalized spacial score (nSPS) is 18.9. The molecule has 0 bridgehead atoms. The van der Waals surface area contributed by atoms with Crippen molar-refractivity contribution in [3.63, 3.8) is 0 Å². The molecule has 5 nitrogen and oxygen atoms in total. The fourth-order valence-corrected chi connectivity index (χ4v) is 3.32. The Morgan fingerprint density at radius 3 is 2.85 bits per heavy atom. The van der Waals surface area contributed by atoms with Crippen LogP contribution in [-0.4, -0.2) is 17.0 Å². The van der Waals surface area contributed by atoms with Gasteiger partial charge in [-0.15, -0.1) is 11.3 Å². The molecule has 0 spiro atoms. The van der Waals surface area contributed by atoms with Crippen molar-refractivity contribution in [2.24, 2.45) is 10.8 Å². The molecule has 1 unspecified atom stereocenters. The molecule has 4 N–H and O–H groups in total. The topological polar surface area (TPSA) is 75.3 Å². The first-order valence-corrected chi connectivity index (χ1v) is 8.30. The number of guanidine groups is 1. The third kappa shape index (κ3) is 4.18. The Morgan fingerprint density at radius 2 is 2.25 bits per heavy atom. The molecular formula is C14H25N5S. The van der Waals surface area contributed by atoms with Gasteiger partial charge >= 0.3 is 0 Å². The van der Waals surface area contributed by atoms with Gasteiger partial charge in [0, 0.05) is 11.1 Å². The summed E-state index contributed by atoms with van der Waals surface area (Å²) in [5.74, 6) is 6.27. The number of nitrogens with zero attached hydrogens (tertiary/aromatic N) is 2. The summed E-state index contributed by atoms with van der Waals surface area (Å²) in [5.41, 5.74) is 2.69. The van der Waals surface area contributed by atoms with Crippen LogP contribution in [0.4, 0.5) is 0 Å². The van der Waals surface area contributed by atoms with Crippen molar-refractivity contribution < 1.29 is 0 Å². The van der Waals surface area contributed by atoms with Crippen LogP contribution >= 0.6 is 11.3 Å². The Hall–Kier alpha value is -1.14. The van der Waals surface area contributed by atoms with Gasteiger partial charge < -0.3 is 5.32 Å². The van der Waals surface area contributed by atoms with Gasteiger partial charge in [-0.05, 0) is 26.2 Å². The van der Waals surface area contributed by atoms with Crippen molar-refractivity contribution in [1.29, 1.82) is 0 Å². The van der Waals surface area contributed by atoms with E-state index < -0.39 is 0 Å². The molecule has 1 aromatic rings. The van der Waals surface area contributed by atoms with E-state index >= 15 is 0 Å². The van der Waals surface area contributed by atoms with Crippen LogP contribution in [-0.2, 0) is 6.42 Å². The number of hydrogen-bond donors (Lipinski definition) is 3. The maximum atomic E-state index is 5.59. The number of hydrogen-bond acceptors (Lipinski definition) is 4. The summed E-state index contributed by atoms with van der Waals surface area (Å²) in [7, 11) is 0. The van der Waals surface area contributed by atoms with E-state index in [0.29, 0.717) is 12.0 Å². The molecule has 1 aliphatic rings. The second-order valence-electron chi connectivity index (χ2n) is 5.30. The Kier molecular flexibility index (Phi) is 5.79. The number of hydrazine groups is 1. The fourth-order valence-electron chi connectivity index (χ4n) is 2.46. The van der Waals surface area contributed by atoms with Gasteiger partial charge in [-0.3, -0.25) is 5.43 Å². The van der Waals surface area contributed by atoms with Gasteiger partial charge in [0.05, 0.1) is 12.1 Å². The molecular weight excluding hydrogens is 270 g/mol. The lowest BCUT2D eigenvalue weighted by atomic mass is 9.96. The first kappa shape index (κ1) is 15.3. The van der Waals surface area contributed by atoms with Crippen LogP contribution in [0.5, 0.6) is 0 Å². The van der Waals surface area contributed by atoms with E-state index in [1.165, 1.54) is 37.0 Å². The first-order valence-electron chi connectivity index (χ1n) is 7.48. The average molecular weight is 295 g/mol. The Balaban J connectivity index is 1.95. The summed E-state index contributed by atoms with van der Waals surface area (Å²) in [4.78, 5) is 10.5. The quantitative estimate of drug-likeness (QED) is 0.345. The molecule has 20 heavy (non-hydrogen) atoms. The van der Waals surface area contributed by atoms with Crippen LogP contribution < -0.4 is 16.6 Å². The predicted octanol–water partition coefficient (Wildman–Crippen LogP) is 2.51. The van der Waals surface area contributed by atoms with Gasteiger partial charge in [-0.25, -0.2) is 15.8 Å². The van der Waals surface area contributed by atoms with Crippen LogP contribution in [0.1, 0.15) is 61.9 Å². The van der Waals surface area contributed by atoms with E-state index in [0.717, 1.165) is 11.4 Å². The highest BCUT2D eigenvalue weighted by Gasteiger charge is 2.15. The minimum absolute atomic E-state index is 0.124. The largest absolute Gasteiger partial charge is 0.346 e. The van der Waals surface area contributed by atoms with Crippen LogP contribution in [0, 0.1) is 0 Å². The fraction of sp³-hybridized carbons (Fsp3) is 0.714. The van der Waals surface area contributed by atoms with E-state index in [2.05, 4.69) is 29.6 Å². The van der Waals surface area contributed by atoms with Crippen molar-refractivity contribution >= 4 is 17.3 Å². The first-order chi connectivity index (χ1) is 9.72. The monoisotopic (exact) mass is 295 g/mol. The van der Waals surface area contributed by atoms with Gasteiger partial charge in [0.25, 0.3) is 0 Å². The Labute approximate surface area is 125 Å². The molecule has 1 heterocycles. The number of nitrogens with one attached hydrogen (secondary N) is 2. The van der Waals surface area contributed by atoms with E-state index in [1.807, 2.05) is 6.20 Å². The summed E-state index contributed by atoms with van der Waals surface area (Å²) in [5, 5.41) is 4.41. The second kappa shape index (κ2) is 7.59. The Morgan fingerprint density at radius 1 is 1.50 bits per heavy atom. The van der Waals surface area contributed by atoms with Gasteiger partial charge in [0.1, 0.15) is 5.01 Å². The molecule has 2 rings (SSSR count). The molecule has 6 heteroatoms. The van der Waals surface area contributed by atoms with E-state index in [9.17, 15) is 0 Å². The van der Waals surface area contributed by atoms with Crippen LogP contribution in [0.25, 0.3) is 0 Å². The standard InChI is InChI=1S/C14H25N5S/c1-3-12-9-16-13(20-12)10(2)17-14(19-15)18-11-7-5-4-6-8-11/h9-11H,3-8,15H2,1-2H3,(H2,17,18,19). The zero-order valence-electron chi connectivity index (χ0n) is 12.4. The third-order valence-electron chi connectivity index (χ3n) is 3.67. The van der Waals surface area contributed by atoms with Crippen LogP contribution in [0.2, 0.25) is 0 Å². The number of aryl methyl sites for hydroxylation is 1. The summed E-state index contributed by atoms with van der Waals surface area (Å²) in [6.07, 6.45) is 9.19. The highest BCUT2D eigenvalue weighted by molar-refractivity contribution is 7.11. The lowest BCUT2D eigenvalue weighted by Crippen LogP contribution is -2.43. The number of aromatic nitrogens is 1. The molecule has 1 atom stereocenters.